The number of nitrogens with one attached hydrogen (secondary N) is 1. The molecule has 0 aliphatic carbocycles. The predicted octanol–water partition coefficient (Wildman–Crippen LogP) is 1.92. The first-order chi connectivity index (χ1) is 11.3. The standard InChI is InChI=1S/C16H21F3N2O3/c1-21-10-13(23-2)9-14(21)15(22)20-6-7-24-12-5-3-4-11(8-12)16(17,18)19/h3-5,8,13-14H,6-7,9-10H2,1-2H3,(H,20,22)/t13-,14-/m0/s1. The van der Waals surface area contributed by atoms with Crippen LogP contribution in [0.2, 0.25) is 0 Å². The maximum atomic E-state index is 12.6. The van der Waals surface area contributed by atoms with E-state index in [0.29, 0.717) is 13.0 Å². The Balaban J connectivity index is 1.76. The molecule has 1 aromatic carbocycles. The summed E-state index contributed by atoms with van der Waals surface area (Å²) in [6, 6.07) is 4.40. The number of ether oxygens (including phenoxy) is 2. The first-order valence-electron chi connectivity index (χ1n) is 7.62. The number of benzene rings is 1. The van der Waals surface area contributed by atoms with Crippen molar-refractivity contribution in [1.29, 1.82) is 0 Å². The van der Waals surface area contributed by atoms with Gasteiger partial charge < -0.3 is 14.8 Å². The number of hydrogen-bond acceptors (Lipinski definition) is 4. The van der Waals surface area contributed by atoms with Gasteiger partial charge in [0.1, 0.15) is 12.4 Å². The normalized spacial score (nSPS) is 21.7. The van der Waals surface area contributed by atoms with Crippen molar-refractivity contribution in [1.82, 2.24) is 10.2 Å². The van der Waals surface area contributed by atoms with Gasteiger partial charge in [-0.15, -0.1) is 0 Å². The number of likely N-dealkylation sites (N-methyl/N-ethyl adjacent to an activating group) is 1. The van der Waals surface area contributed by atoms with Crippen LogP contribution in [0.15, 0.2) is 24.3 Å². The second kappa shape index (κ2) is 7.85. The van der Waals surface area contributed by atoms with Crippen LogP contribution in [0.4, 0.5) is 13.2 Å². The molecule has 0 saturated carbocycles. The molecule has 1 heterocycles. The minimum atomic E-state index is -4.40. The number of alkyl halides is 3. The second-order valence-electron chi connectivity index (χ2n) is 5.71. The molecule has 0 spiro atoms. The zero-order valence-electron chi connectivity index (χ0n) is 13.6. The van der Waals surface area contributed by atoms with Crippen molar-refractivity contribution in [3.05, 3.63) is 29.8 Å². The molecule has 0 radical (unpaired) electrons. The maximum absolute atomic E-state index is 12.6. The van der Waals surface area contributed by atoms with Crippen LogP contribution in [0.5, 0.6) is 5.75 Å². The fraction of sp³-hybridized carbons (Fsp3) is 0.562. The smallest absolute Gasteiger partial charge is 0.416 e. The zero-order chi connectivity index (χ0) is 17.7. The van der Waals surface area contributed by atoms with Crippen molar-refractivity contribution < 1.29 is 27.4 Å². The van der Waals surface area contributed by atoms with Crippen LogP contribution in [0.1, 0.15) is 12.0 Å². The van der Waals surface area contributed by atoms with Gasteiger partial charge in [0.2, 0.25) is 5.91 Å². The number of nitrogens with zero attached hydrogens (tertiary/aromatic N) is 1. The van der Waals surface area contributed by atoms with E-state index >= 15 is 0 Å². The number of rotatable bonds is 6. The summed E-state index contributed by atoms with van der Waals surface area (Å²) in [6.45, 7) is 1.00. The lowest BCUT2D eigenvalue weighted by molar-refractivity contribution is -0.137. The Kier molecular flexibility index (Phi) is 6.06. The molecule has 2 atom stereocenters. The van der Waals surface area contributed by atoms with E-state index in [2.05, 4.69) is 5.32 Å². The number of methoxy groups -OCH3 is 1. The topological polar surface area (TPSA) is 50.8 Å². The molecule has 1 amide bonds. The minimum absolute atomic E-state index is 0.0344. The van der Waals surface area contributed by atoms with Crippen LogP contribution < -0.4 is 10.1 Å². The first-order valence-corrected chi connectivity index (χ1v) is 7.62. The lowest BCUT2D eigenvalue weighted by atomic mass is 10.2. The molecule has 0 aromatic heterocycles. The third kappa shape index (κ3) is 4.85. The molecule has 1 fully saturated rings. The van der Waals surface area contributed by atoms with Gasteiger partial charge in [-0.3, -0.25) is 9.69 Å². The van der Waals surface area contributed by atoms with Gasteiger partial charge in [0.05, 0.1) is 24.3 Å². The lowest BCUT2D eigenvalue weighted by Crippen LogP contribution is -2.42. The van der Waals surface area contributed by atoms with Gasteiger partial charge in [0.15, 0.2) is 0 Å². The molecule has 1 aliphatic heterocycles. The molecule has 2 rings (SSSR count). The highest BCUT2D eigenvalue weighted by Crippen LogP contribution is 2.31. The van der Waals surface area contributed by atoms with Crippen molar-refractivity contribution in [2.45, 2.75) is 24.7 Å². The van der Waals surface area contributed by atoms with Gasteiger partial charge in [-0.1, -0.05) is 6.07 Å². The molecule has 5 nitrogen and oxygen atoms in total. The molecular weight excluding hydrogens is 325 g/mol. The summed E-state index contributed by atoms with van der Waals surface area (Å²) in [5.41, 5.74) is -0.762. The summed E-state index contributed by atoms with van der Waals surface area (Å²) in [5, 5.41) is 2.73. The Morgan fingerprint density at radius 3 is 2.79 bits per heavy atom. The third-order valence-corrected chi connectivity index (χ3v) is 3.98. The van der Waals surface area contributed by atoms with Gasteiger partial charge >= 0.3 is 6.18 Å². The summed E-state index contributed by atoms with van der Waals surface area (Å²) in [5.74, 6) is -0.0128. The largest absolute Gasteiger partial charge is 0.492 e. The molecule has 1 aromatic rings. The zero-order valence-corrected chi connectivity index (χ0v) is 13.6. The van der Waals surface area contributed by atoms with Crippen LogP contribution >= 0.6 is 0 Å². The Hall–Kier alpha value is -1.80. The number of carbonyl (C=O) groups excluding carboxylic acids is 1. The van der Waals surface area contributed by atoms with E-state index in [-0.39, 0.29) is 37.0 Å². The highest BCUT2D eigenvalue weighted by atomic mass is 19.4. The van der Waals surface area contributed by atoms with Crippen molar-refractivity contribution in [3.8, 4) is 5.75 Å². The Labute approximate surface area is 138 Å². The fourth-order valence-corrected chi connectivity index (χ4v) is 2.65. The second-order valence-corrected chi connectivity index (χ2v) is 5.71. The van der Waals surface area contributed by atoms with Gasteiger partial charge in [-0.25, -0.2) is 0 Å². The van der Waals surface area contributed by atoms with Crippen LogP contribution in [0, 0.1) is 0 Å². The minimum Gasteiger partial charge on any atom is -0.492 e. The Morgan fingerprint density at radius 1 is 1.42 bits per heavy atom. The average Bonchev–Trinajstić information content (AvgIpc) is 2.92. The highest BCUT2D eigenvalue weighted by molar-refractivity contribution is 5.82. The summed E-state index contributed by atoms with van der Waals surface area (Å²) < 4.78 is 48.3. The fourth-order valence-electron chi connectivity index (χ4n) is 2.65. The highest BCUT2D eigenvalue weighted by Gasteiger charge is 2.34. The van der Waals surface area contributed by atoms with E-state index < -0.39 is 11.7 Å². The van der Waals surface area contributed by atoms with Gasteiger partial charge in [-0.05, 0) is 31.7 Å². The van der Waals surface area contributed by atoms with Gasteiger partial charge in [0, 0.05) is 13.7 Å². The molecule has 0 bridgehead atoms. The molecule has 1 saturated heterocycles. The molecule has 24 heavy (non-hydrogen) atoms. The number of carbonyl (C=O) groups is 1. The number of hydrogen-bond donors (Lipinski definition) is 1. The van der Waals surface area contributed by atoms with Gasteiger partial charge in [-0.2, -0.15) is 13.2 Å². The predicted molar refractivity (Wildman–Crippen MR) is 81.8 cm³/mol. The SMILES string of the molecule is CO[C@H]1C[C@@H](C(=O)NCCOc2cccc(C(F)(F)F)c2)N(C)C1. The number of halogens is 3. The molecule has 8 heteroatoms. The number of amides is 1. The van der Waals surface area contributed by atoms with Crippen molar-refractivity contribution in [3.63, 3.8) is 0 Å². The monoisotopic (exact) mass is 346 g/mol. The van der Waals surface area contributed by atoms with Crippen molar-refractivity contribution in [2.75, 3.05) is 33.9 Å². The third-order valence-electron chi connectivity index (χ3n) is 3.98. The quantitative estimate of drug-likeness (QED) is 0.800. The van der Waals surface area contributed by atoms with Crippen LogP contribution in [0.3, 0.4) is 0 Å². The van der Waals surface area contributed by atoms with Crippen molar-refractivity contribution in [2.24, 2.45) is 0 Å². The Bertz CT molecular complexity index is 566. The summed E-state index contributed by atoms with van der Waals surface area (Å²) >= 11 is 0. The number of likely N-dealkylation sites (tertiary alicyclic amines) is 1. The van der Waals surface area contributed by atoms with E-state index in [1.54, 1.807) is 7.11 Å². The molecule has 1 N–H and O–H groups in total. The average molecular weight is 346 g/mol. The summed E-state index contributed by atoms with van der Waals surface area (Å²) in [4.78, 5) is 14.0. The van der Waals surface area contributed by atoms with Crippen LogP contribution in [-0.4, -0.2) is 56.8 Å². The summed E-state index contributed by atoms with van der Waals surface area (Å²) in [7, 11) is 3.46. The van der Waals surface area contributed by atoms with Crippen LogP contribution in [0.25, 0.3) is 0 Å². The molecule has 0 unspecified atom stereocenters. The Morgan fingerprint density at radius 2 is 2.17 bits per heavy atom. The van der Waals surface area contributed by atoms with E-state index in [0.717, 1.165) is 12.1 Å². The molecule has 134 valence electrons. The van der Waals surface area contributed by atoms with E-state index in [4.69, 9.17) is 9.47 Å². The first kappa shape index (κ1) is 18.5. The molecular formula is C16H21F3N2O3. The summed E-state index contributed by atoms with van der Waals surface area (Å²) in [6.07, 6.45) is -3.75. The van der Waals surface area contributed by atoms with E-state index in [9.17, 15) is 18.0 Å². The van der Waals surface area contributed by atoms with Gasteiger partial charge in [0.25, 0.3) is 0 Å². The van der Waals surface area contributed by atoms with Crippen LogP contribution in [-0.2, 0) is 15.7 Å². The molecule has 1 aliphatic rings. The van der Waals surface area contributed by atoms with Crippen molar-refractivity contribution >= 4 is 5.91 Å². The van der Waals surface area contributed by atoms with E-state index in [1.807, 2.05) is 11.9 Å². The lowest BCUT2D eigenvalue weighted by Gasteiger charge is -2.18. The maximum Gasteiger partial charge on any atom is 0.416 e. The van der Waals surface area contributed by atoms with E-state index in [1.165, 1.54) is 12.1 Å².